The standard InChI is InChI=1S/C25H39P.C17H19P.2ClH.Pd/c1-2-4-23(3-1)26(24-11-17-5-7-19(13-24)21(9-17)15-24)25-12-18-6-8-20(14-25)22(10-18)16-25;1-3-9-15(10-4-1)18(17-13-7-8-14-17)16-11-5-2-6-12-16;;;/h17-23H,1-16H2;1-6,9-12,17H,7-8,13-14H2;2*1H;/q;;;;+2. The summed E-state index contributed by atoms with van der Waals surface area (Å²) < 4.78 is 0. The Bertz CT molecular complexity index is 1210. The SMILES string of the molecule is C1CCC([PH+](C23CC4CCC(C2)C(C4)C3)C23CC4CCC(C2)C(C4)C3)C1.[Cl][Pd][Cl].c1ccc([PH+](c2ccccc2)C2CCCC2)cc1. The number of hydrogen-bond donors (Lipinski definition) is 0. The van der Waals surface area contributed by atoms with Gasteiger partial charge in [0, 0.05) is 7.92 Å². The molecule has 0 amide bonds. The maximum absolute atomic E-state index is 4.81. The molecule has 0 saturated heterocycles. The van der Waals surface area contributed by atoms with Gasteiger partial charge in [0.05, 0.1) is 40.2 Å². The van der Waals surface area contributed by atoms with E-state index in [4.69, 9.17) is 19.1 Å². The van der Waals surface area contributed by atoms with Gasteiger partial charge < -0.3 is 0 Å². The molecule has 8 aliphatic carbocycles. The molecule has 2 aromatic carbocycles. The Balaban J connectivity index is 0.000000136. The molecule has 0 aliphatic heterocycles. The summed E-state index contributed by atoms with van der Waals surface area (Å²) >= 11 is -0.106. The van der Waals surface area contributed by atoms with Crippen molar-refractivity contribution in [1.29, 1.82) is 0 Å². The summed E-state index contributed by atoms with van der Waals surface area (Å²) in [7, 11) is 8.84. The van der Waals surface area contributed by atoms with Crippen LogP contribution in [0, 0.1) is 35.5 Å². The fraction of sp³-hybridized carbons (Fsp3) is 0.714. The zero-order chi connectivity index (χ0) is 31.8. The van der Waals surface area contributed by atoms with Crippen molar-refractivity contribution in [3.05, 3.63) is 60.7 Å². The van der Waals surface area contributed by atoms with E-state index in [1.54, 1.807) is 113 Å². The monoisotopic (exact) mass is 802 g/mol. The van der Waals surface area contributed by atoms with Gasteiger partial charge in [-0.15, -0.1) is 0 Å². The molecule has 8 saturated carbocycles. The maximum Gasteiger partial charge on any atom is 0.0969 e. The fourth-order valence-corrected chi connectivity index (χ4v) is 24.4. The molecule has 8 unspecified atom stereocenters. The molecule has 0 aromatic heterocycles. The molecule has 8 fully saturated rings. The number of halogens is 2. The predicted octanol–water partition coefficient (Wildman–Crippen LogP) is 12.3. The van der Waals surface area contributed by atoms with E-state index in [9.17, 15) is 0 Å². The second kappa shape index (κ2) is 15.3. The van der Waals surface area contributed by atoms with Crippen LogP contribution in [0.1, 0.15) is 128 Å². The minimum Gasteiger partial charge on any atom is -0.0620 e. The first-order valence-corrected chi connectivity index (χ1v) is 26.9. The van der Waals surface area contributed by atoms with Crippen LogP contribution in [0.5, 0.6) is 0 Å². The summed E-state index contributed by atoms with van der Waals surface area (Å²) in [6, 6.07) is 22.4. The van der Waals surface area contributed by atoms with Crippen LogP contribution >= 0.6 is 34.9 Å². The number of benzene rings is 2. The van der Waals surface area contributed by atoms with E-state index in [0.717, 1.165) is 16.0 Å². The third kappa shape index (κ3) is 7.04. The zero-order valence-corrected chi connectivity index (χ0v) is 33.7. The van der Waals surface area contributed by atoms with E-state index in [-0.39, 0.29) is 23.9 Å². The Kier molecular flexibility index (Phi) is 11.2. The Morgan fingerprint density at radius 2 is 0.894 bits per heavy atom. The van der Waals surface area contributed by atoms with E-state index >= 15 is 0 Å². The van der Waals surface area contributed by atoms with Crippen LogP contribution in [-0.2, 0) is 15.9 Å². The molecule has 10 rings (SSSR count). The van der Waals surface area contributed by atoms with E-state index in [0.29, 0.717) is 0 Å². The third-order valence-corrected chi connectivity index (χ3v) is 23.5. The van der Waals surface area contributed by atoms with Crippen molar-refractivity contribution in [3.8, 4) is 0 Å². The van der Waals surface area contributed by atoms with Crippen LogP contribution in [0.3, 0.4) is 0 Å². The van der Waals surface area contributed by atoms with Crippen molar-refractivity contribution < 1.29 is 15.9 Å². The Labute approximate surface area is 305 Å². The molecule has 6 bridgehead atoms. The molecular weight excluding hydrogens is 744 g/mol. The van der Waals surface area contributed by atoms with Gasteiger partial charge in [0.2, 0.25) is 0 Å². The molecule has 0 radical (unpaired) electrons. The van der Waals surface area contributed by atoms with Crippen molar-refractivity contribution in [2.75, 3.05) is 0 Å². The van der Waals surface area contributed by atoms with Crippen LogP contribution < -0.4 is 10.6 Å². The van der Waals surface area contributed by atoms with Crippen molar-refractivity contribution in [2.24, 2.45) is 35.5 Å². The van der Waals surface area contributed by atoms with Gasteiger partial charge in [-0.25, -0.2) is 0 Å². The normalized spacial score (nSPS) is 39.1. The molecule has 2 aromatic rings. The molecule has 0 spiro atoms. The molecule has 0 heterocycles. The van der Waals surface area contributed by atoms with Gasteiger partial charge in [-0.3, -0.25) is 0 Å². The topological polar surface area (TPSA) is 0 Å². The summed E-state index contributed by atoms with van der Waals surface area (Å²) in [6.45, 7) is 0. The van der Waals surface area contributed by atoms with E-state index in [1.165, 1.54) is 66.8 Å². The first kappa shape index (κ1) is 34.6. The van der Waals surface area contributed by atoms with Gasteiger partial charge in [0.25, 0.3) is 0 Å². The van der Waals surface area contributed by atoms with Gasteiger partial charge in [-0.2, -0.15) is 0 Å². The van der Waals surface area contributed by atoms with Crippen molar-refractivity contribution in [3.63, 3.8) is 0 Å². The molecule has 260 valence electrons. The molecular formula is C42H60Cl2P2Pd+2. The molecule has 47 heavy (non-hydrogen) atoms. The summed E-state index contributed by atoms with van der Waals surface area (Å²) in [5, 5.41) is 5.03. The smallest absolute Gasteiger partial charge is 0.0620 e. The zero-order valence-electron chi connectivity index (χ0n) is 28.6. The van der Waals surface area contributed by atoms with Crippen molar-refractivity contribution in [2.45, 2.75) is 150 Å². The number of rotatable bonds is 6. The number of hydrogen-bond acceptors (Lipinski definition) is 0. The van der Waals surface area contributed by atoms with Gasteiger partial charge in [0.15, 0.2) is 0 Å². The first-order valence-electron chi connectivity index (χ1n) is 19.8. The average molecular weight is 804 g/mol. The van der Waals surface area contributed by atoms with E-state index in [2.05, 4.69) is 60.7 Å². The van der Waals surface area contributed by atoms with Gasteiger partial charge in [0.1, 0.15) is 0 Å². The minimum atomic E-state index is -0.577. The summed E-state index contributed by atoms with van der Waals surface area (Å²) in [5.41, 5.74) is 2.17. The Morgan fingerprint density at radius 1 is 0.489 bits per heavy atom. The quantitative estimate of drug-likeness (QED) is 0.202. The second-order valence-electron chi connectivity index (χ2n) is 17.8. The Hall–Kier alpha value is 0.542. The Morgan fingerprint density at radius 3 is 1.34 bits per heavy atom. The van der Waals surface area contributed by atoms with Gasteiger partial charge >= 0.3 is 35.0 Å². The molecule has 0 N–H and O–H groups in total. The van der Waals surface area contributed by atoms with Crippen LogP contribution in [0.25, 0.3) is 0 Å². The molecule has 8 aliphatic rings. The fourth-order valence-electron chi connectivity index (χ4n) is 14.3. The summed E-state index contributed by atoms with van der Waals surface area (Å²) in [4.78, 5) is 0. The summed E-state index contributed by atoms with van der Waals surface area (Å²) in [6.07, 6.45) is 32.5. The second-order valence-corrected chi connectivity index (χ2v) is 26.7. The predicted molar refractivity (Wildman–Crippen MR) is 207 cm³/mol. The van der Waals surface area contributed by atoms with Gasteiger partial charge in [-0.1, -0.05) is 49.2 Å². The van der Waals surface area contributed by atoms with Gasteiger partial charge in [-0.05, 0) is 175 Å². The van der Waals surface area contributed by atoms with Crippen molar-refractivity contribution >= 4 is 45.5 Å². The minimum absolute atomic E-state index is 0.106. The van der Waals surface area contributed by atoms with Crippen LogP contribution in [-0.4, -0.2) is 21.6 Å². The van der Waals surface area contributed by atoms with Crippen LogP contribution in [0.15, 0.2) is 60.7 Å². The molecule has 0 nitrogen and oxygen atoms in total. The molecule has 5 heteroatoms. The number of fused-ring (bicyclic) bond motifs is 4. The maximum atomic E-state index is 4.81. The van der Waals surface area contributed by atoms with E-state index < -0.39 is 7.92 Å². The van der Waals surface area contributed by atoms with Crippen LogP contribution in [0.2, 0.25) is 0 Å². The molecule has 8 atom stereocenters. The van der Waals surface area contributed by atoms with Crippen LogP contribution in [0.4, 0.5) is 0 Å². The van der Waals surface area contributed by atoms with E-state index in [1.807, 2.05) is 0 Å². The average Bonchev–Trinajstić information content (AvgIpc) is 3.86. The van der Waals surface area contributed by atoms with Crippen molar-refractivity contribution in [1.82, 2.24) is 0 Å². The summed E-state index contributed by atoms with van der Waals surface area (Å²) in [5.74, 6) is 7.09. The largest absolute Gasteiger partial charge is 0.0969 e. The third-order valence-electron chi connectivity index (χ3n) is 15.3. The first-order chi connectivity index (χ1) is 23.1.